The molecule has 0 radical (unpaired) electrons. The molecule has 152 valence electrons. The standard InChI is InChI=1S/C22H33N5O/c1-25-21(17-27-14-10-20(28)11-15-27)23-24-22(25)19-8-5-12-26(16-19)13-9-18-6-3-2-4-7-18/h2-4,6-7,19-20,28H,5,8-17H2,1H3. The van der Waals surface area contributed by atoms with Crippen LogP contribution in [0.15, 0.2) is 30.3 Å². The predicted octanol–water partition coefficient (Wildman–Crippen LogP) is 2.19. The first-order chi connectivity index (χ1) is 13.7. The predicted molar refractivity (Wildman–Crippen MR) is 110 cm³/mol. The average molecular weight is 384 g/mol. The molecule has 0 spiro atoms. The molecule has 0 saturated carbocycles. The Labute approximate surface area is 168 Å². The van der Waals surface area contributed by atoms with Gasteiger partial charge >= 0.3 is 0 Å². The molecular weight excluding hydrogens is 350 g/mol. The lowest BCUT2D eigenvalue weighted by atomic mass is 9.96. The molecule has 28 heavy (non-hydrogen) atoms. The monoisotopic (exact) mass is 383 g/mol. The van der Waals surface area contributed by atoms with E-state index in [1.165, 1.54) is 24.9 Å². The average Bonchev–Trinajstić information content (AvgIpc) is 3.09. The first-order valence-electron chi connectivity index (χ1n) is 10.7. The number of aromatic nitrogens is 3. The Hall–Kier alpha value is -1.76. The molecule has 1 atom stereocenters. The lowest BCUT2D eigenvalue weighted by Gasteiger charge is -2.32. The van der Waals surface area contributed by atoms with E-state index in [0.717, 1.165) is 63.6 Å². The largest absolute Gasteiger partial charge is 0.393 e. The Kier molecular flexibility index (Phi) is 6.40. The van der Waals surface area contributed by atoms with Crippen molar-refractivity contribution in [2.24, 2.45) is 7.05 Å². The molecule has 3 heterocycles. The molecule has 2 aliphatic rings. The van der Waals surface area contributed by atoms with Crippen LogP contribution in [-0.2, 0) is 20.0 Å². The Morgan fingerprint density at radius 3 is 2.57 bits per heavy atom. The van der Waals surface area contributed by atoms with E-state index in [-0.39, 0.29) is 6.10 Å². The van der Waals surface area contributed by atoms with Crippen molar-refractivity contribution in [1.82, 2.24) is 24.6 Å². The van der Waals surface area contributed by atoms with Gasteiger partial charge in [-0.15, -0.1) is 10.2 Å². The van der Waals surface area contributed by atoms with E-state index in [2.05, 4.69) is 61.9 Å². The molecule has 2 saturated heterocycles. The van der Waals surface area contributed by atoms with Gasteiger partial charge < -0.3 is 14.6 Å². The van der Waals surface area contributed by atoms with Gasteiger partial charge in [-0.05, 0) is 44.2 Å². The Balaban J connectivity index is 1.34. The number of aliphatic hydroxyl groups is 1. The minimum Gasteiger partial charge on any atom is -0.393 e. The molecule has 4 rings (SSSR count). The van der Waals surface area contributed by atoms with Gasteiger partial charge in [0.05, 0.1) is 12.6 Å². The highest BCUT2D eigenvalue weighted by Crippen LogP contribution is 2.26. The number of nitrogens with zero attached hydrogens (tertiary/aromatic N) is 5. The summed E-state index contributed by atoms with van der Waals surface area (Å²) in [6.45, 7) is 6.10. The molecule has 6 heteroatoms. The zero-order valence-corrected chi connectivity index (χ0v) is 17.0. The van der Waals surface area contributed by atoms with Crippen LogP contribution in [0.1, 0.15) is 48.8 Å². The third-order valence-electron chi connectivity index (χ3n) is 6.35. The van der Waals surface area contributed by atoms with E-state index in [1.54, 1.807) is 0 Å². The molecule has 1 aromatic carbocycles. The molecule has 0 amide bonds. The summed E-state index contributed by atoms with van der Waals surface area (Å²) in [4.78, 5) is 4.97. The van der Waals surface area contributed by atoms with Crippen LogP contribution < -0.4 is 0 Å². The Morgan fingerprint density at radius 1 is 1.00 bits per heavy atom. The maximum absolute atomic E-state index is 9.70. The summed E-state index contributed by atoms with van der Waals surface area (Å²) in [5.41, 5.74) is 1.41. The van der Waals surface area contributed by atoms with Crippen molar-refractivity contribution < 1.29 is 5.11 Å². The van der Waals surface area contributed by atoms with Gasteiger partial charge in [0.25, 0.3) is 0 Å². The molecule has 2 fully saturated rings. The van der Waals surface area contributed by atoms with E-state index in [9.17, 15) is 5.11 Å². The highest BCUT2D eigenvalue weighted by Gasteiger charge is 2.26. The molecule has 2 aromatic rings. The van der Waals surface area contributed by atoms with Crippen molar-refractivity contribution in [3.05, 3.63) is 47.5 Å². The van der Waals surface area contributed by atoms with E-state index >= 15 is 0 Å². The third-order valence-corrected chi connectivity index (χ3v) is 6.35. The summed E-state index contributed by atoms with van der Waals surface area (Å²) in [5, 5.41) is 18.8. The molecule has 6 nitrogen and oxygen atoms in total. The second-order valence-corrected chi connectivity index (χ2v) is 8.42. The summed E-state index contributed by atoms with van der Waals surface area (Å²) in [6.07, 6.45) is 5.14. The molecule has 0 aliphatic carbocycles. The van der Waals surface area contributed by atoms with Crippen LogP contribution in [0.4, 0.5) is 0 Å². The van der Waals surface area contributed by atoms with E-state index in [1.807, 2.05) is 0 Å². The minimum absolute atomic E-state index is 0.129. The number of aliphatic hydroxyl groups excluding tert-OH is 1. The Bertz CT molecular complexity index is 739. The van der Waals surface area contributed by atoms with Crippen molar-refractivity contribution in [2.75, 3.05) is 32.7 Å². The molecule has 1 N–H and O–H groups in total. The smallest absolute Gasteiger partial charge is 0.146 e. The van der Waals surface area contributed by atoms with Crippen LogP contribution in [0.2, 0.25) is 0 Å². The van der Waals surface area contributed by atoms with Crippen molar-refractivity contribution in [1.29, 1.82) is 0 Å². The van der Waals surface area contributed by atoms with Gasteiger partial charge in [-0.25, -0.2) is 0 Å². The van der Waals surface area contributed by atoms with Gasteiger partial charge in [0.1, 0.15) is 11.6 Å². The van der Waals surface area contributed by atoms with Crippen LogP contribution in [0.5, 0.6) is 0 Å². The van der Waals surface area contributed by atoms with Crippen LogP contribution in [0.3, 0.4) is 0 Å². The van der Waals surface area contributed by atoms with E-state index in [4.69, 9.17) is 0 Å². The van der Waals surface area contributed by atoms with Gasteiger partial charge in [0.15, 0.2) is 0 Å². The fraction of sp³-hybridized carbons (Fsp3) is 0.636. The number of likely N-dealkylation sites (tertiary alicyclic amines) is 2. The van der Waals surface area contributed by atoms with Gasteiger partial charge in [-0.3, -0.25) is 4.90 Å². The molecule has 2 aliphatic heterocycles. The number of piperidine rings is 2. The molecule has 1 aromatic heterocycles. The fourth-order valence-corrected chi connectivity index (χ4v) is 4.55. The second-order valence-electron chi connectivity index (χ2n) is 8.42. The summed E-state index contributed by atoms with van der Waals surface area (Å²) >= 11 is 0. The normalized spacial score (nSPS) is 22.6. The third kappa shape index (κ3) is 4.80. The van der Waals surface area contributed by atoms with Crippen LogP contribution >= 0.6 is 0 Å². The maximum Gasteiger partial charge on any atom is 0.146 e. The topological polar surface area (TPSA) is 57.4 Å². The van der Waals surface area contributed by atoms with Crippen molar-refractivity contribution in [2.45, 2.75) is 50.7 Å². The summed E-state index contributed by atoms with van der Waals surface area (Å²) in [6, 6.07) is 10.8. The molecule has 1 unspecified atom stereocenters. The van der Waals surface area contributed by atoms with Crippen molar-refractivity contribution >= 4 is 0 Å². The maximum atomic E-state index is 9.70. The fourth-order valence-electron chi connectivity index (χ4n) is 4.55. The lowest BCUT2D eigenvalue weighted by molar-refractivity contribution is 0.0775. The lowest BCUT2D eigenvalue weighted by Crippen LogP contribution is -2.37. The summed E-state index contributed by atoms with van der Waals surface area (Å²) in [7, 11) is 2.12. The zero-order chi connectivity index (χ0) is 19.3. The number of rotatable bonds is 6. The zero-order valence-electron chi connectivity index (χ0n) is 17.0. The van der Waals surface area contributed by atoms with E-state index < -0.39 is 0 Å². The minimum atomic E-state index is -0.129. The summed E-state index contributed by atoms with van der Waals surface area (Å²) < 4.78 is 2.22. The van der Waals surface area contributed by atoms with Crippen LogP contribution in [-0.4, -0.2) is 68.5 Å². The van der Waals surface area contributed by atoms with Crippen molar-refractivity contribution in [3.63, 3.8) is 0 Å². The van der Waals surface area contributed by atoms with Gasteiger partial charge in [-0.1, -0.05) is 30.3 Å². The first kappa shape index (κ1) is 19.6. The van der Waals surface area contributed by atoms with Crippen LogP contribution in [0.25, 0.3) is 0 Å². The number of hydrogen-bond donors (Lipinski definition) is 1. The number of hydrogen-bond acceptors (Lipinski definition) is 5. The second kappa shape index (κ2) is 9.16. The van der Waals surface area contributed by atoms with E-state index in [0.29, 0.717) is 5.92 Å². The Morgan fingerprint density at radius 2 is 1.79 bits per heavy atom. The first-order valence-corrected chi connectivity index (χ1v) is 10.7. The van der Waals surface area contributed by atoms with Crippen LogP contribution in [0, 0.1) is 0 Å². The van der Waals surface area contributed by atoms with Gasteiger partial charge in [0.2, 0.25) is 0 Å². The van der Waals surface area contributed by atoms with Gasteiger partial charge in [0, 0.05) is 39.1 Å². The van der Waals surface area contributed by atoms with Crippen molar-refractivity contribution in [3.8, 4) is 0 Å². The highest BCUT2D eigenvalue weighted by atomic mass is 16.3. The van der Waals surface area contributed by atoms with Gasteiger partial charge in [-0.2, -0.15) is 0 Å². The SMILES string of the molecule is Cn1c(CN2CCC(O)CC2)nnc1C1CCCN(CCc2ccccc2)C1. The number of benzene rings is 1. The quantitative estimate of drug-likeness (QED) is 0.829. The summed E-state index contributed by atoms with van der Waals surface area (Å²) in [5.74, 6) is 2.66. The molecular formula is C22H33N5O. The highest BCUT2D eigenvalue weighted by molar-refractivity contribution is 5.15. The molecule has 0 bridgehead atoms.